The monoisotopic (exact) mass is 317 g/mol. The van der Waals surface area contributed by atoms with Crippen molar-refractivity contribution < 1.29 is 9.47 Å². The Bertz CT molecular complexity index is 473. The molecule has 0 radical (unpaired) electrons. The van der Waals surface area contributed by atoms with E-state index in [1.807, 2.05) is 6.07 Å². The number of likely N-dealkylation sites (N-methyl/N-ethyl adjacent to an activating group) is 1. The molecule has 20 heavy (non-hydrogen) atoms. The van der Waals surface area contributed by atoms with Crippen molar-refractivity contribution in [3.63, 3.8) is 0 Å². The minimum Gasteiger partial charge on any atom is -0.495 e. The summed E-state index contributed by atoms with van der Waals surface area (Å²) in [6.07, 6.45) is 2.07. The second-order valence-corrected chi connectivity index (χ2v) is 6.08. The number of benzene rings is 1. The van der Waals surface area contributed by atoms with Gasteiger partial charge in [0.15, 0.2) is 0 Å². The summed E-state index contributed by atoms with van der Waals surface area (Å²) in [7, 11) is 1.58. The third-order valence-corrected chi connectivity index (χ3v) is 4.47. The molecule has 1 aromatic carbocycles. The number of nitrogens with one attached hydrogen (secondary N) is 1. The molecule has 0 bridgehead atoms. The Balaban J connectivity index is 2.41. The van der Waals surface area contributed by atoms with E-state index in [2.05, 4.69) is 19.2 Å². The molecule has 1 N–H and O–H groups in total. The molecule has 1 heterocycles. The predicted octanol–water partition coefficient (Wildman–Crippen LogP) is 4.22. The summed E-state index contributed by atoms with van der Waals surface area (Å²) < 4.78 is 11.2. The number of methoxy groups -OCH3 is 1. The normalized spacial score (nSPS) is 23.9. The minimum atomic E-state index is -0.252. The van der Waals surface area contributed by atoms with Gasteiger partial charge in [0.2, 0.25) is 0 Å². The van der Waals surface area contributed by atoms with Gasteiger partial charge in [-0.05, 0) is 37.9 Å². The fourth-order valence-corrected chi connectivity index (χ4v) is 3.32. The first-order chi connectivity index (χ1) is 9.51. The van der Waals surface area contributed by atoms with E-state index >= 15 is 0 Å². The molecule has 3 nitrogen and oxygen atoms in total. The maximum Gasteiger partial charge on any atom is 0.138 e. The van der Waals surface area contributed by atoms with Crippen molar-refractivity contribution in [2.45, 2.75) is 38.3 Å². The average molecular weight is 318 g/mol. The highest BCUT2D eigenvalue weighted by Crippen LogP contribution is 2.42. The Morgan fingerprint density at radius 1 is 1.40 bits per heavy atom. The van der Waals surface area contributed by atoms with E-state index in [-0.39, 0.29) is 11.6 Å². The van der Waals surface area contributed by atoms with Gasteiger partial charge >= 0.3 is 0 Å². The zero-order chi connectivity index (χ0) is 14.8. The van der Waals surface area contributed by atoms with Crippen LogP contribution >= 0.6 is 23.2 Å². The molecule has 1 aliphatic rings. The maximum atomic E-state index is 6.42. The molecule has 0 aliphatic carbocycles. The SMILES string of the molecule is CCNC(c1cc(Cl)c(OC)cc1Cl)C1(C)CCCO1. The Kier molecular flexibility index (Phi) is 5.19. The van der Waals surface area contributed by atoms with Crippen molar-refractivity contribution >= 4 is 23.2 Å². The number of hydrogen-bond donors (Lipinski definition) is 1. The standard InChI is InChI=1S/C15H21Cl2NO2/c1-4-18-14(15(2)6-5-7-20-15)10-8-12(17)13(19-3)9-11(10)16/h8-9,14,18H,4-7H2,1-3H3. The first-order valence-electron chi connectivity index (χ1n) is 6.92. The lowest BCUT2D eigenvalue weighted by Crippen LogP contribution is -2.41. The molecule has 0 aromatic heterocycles. The molecule has 2 unspecified atom stereocenters. The maximum absolute atomic E-state index is 6.42. The second-order valence-electron chi connectivity index (χ2n) is 5.26. The number of halogens is 2. The zero-order valence-electron chi connectivity index (χ0n) is 12.1. The van der Waals surface area contributed by atoms with Crippen molar-refractivity contribution in [1.29, 1.82) is 0 Å². The van der Waals surface area contributed by atoms with Crippen LogP contribution in [-0.2, 0) is 4.74 Å². The number of ether oxygens (including phenoxy) is 2. The Labute approximate surface area is 130 Å². The summed E-state index contributed by atoms with van der Waals surface area (Å²) in [5.74, 6) is 0.591. The highest BCUT2D eigenvalue weighted by Gasteiger charge is 2.40. The van der Waals surface area contributed by atoms with E-state index in [4.69, 9.17) is 32.7 Å². The van der Waals surface area contributed by atoms with E-state index in [0.717, 1.165) is 31.6 Å². The van der Waals surface area contributed by atoms with E-state index < -0.39 is 0 Å². The fraction of sp³-hybridized carbons (Fsp3) is 0.600. The summed E-state index contributed by atoms with van der Waals surface area (Å²) in [4.78, 5) is 0. The molecule has 2 atom stereocenters. The van der Waals surface area contributed by atoms with Crippen LogP contribution in [0.15, 0.2) is 12.1 Å². The summed E-state index contributed by atoms with van der Waals surface area (Å²) in [6, 6.07) is 3.66. The highest BCUT2D eigenvalue weighted by molar-refractivity contribution is 6.34. The Hall–Kier alpha value is -0.480. The summed E-state index contributed by atoms with van der Waals surface area (Å²) in [6.45, 7) is 5.83. The van der Waals surface area contributed by atoms with Crippen molar-refractivity contribution in [1.82, 2.24) is 5.32 Å². The molecule has 0 amide bonds. The third-order valence-electron chi connectivity index (χ3n) is 3.85. The molecule has 5 heteroatoms. The van der Waals surface area contributed by atoms with Gasteiger partial charge in [-0.2, -0.15) is 0 Å². The average Bonchev–Trinajstić information content (AvgIpc) is 2.86. The van der Waals surface area contributed by atoms with Crippen LogP contribution in [-0.4, -0.2) is 25.9 Å². The van der Waals surface area contributed by atoms with Crippen LogP contribution in [0.1, 0.15) is 38.3 Å². The van der Waals surface area contributed by atoms with Gasteiger partial charge in [0, 0.05) is 17.7 Å². The molecule has 1 fully saturated rings. The van der Waals surface area contributed by atoms with Gasteiger partial charge in [0.05, 0.1) is 23.8 Å². The van der Waals surface area contributed by atoms with Gasteiger partial charge in [-0.1, -0.05) is 30.1 Å². The van der Waals surface area contributed by atoms with Crippen molar-refractivity contribution in [2.24, 2.45) is 0 Å². The molecule has 112 valence electrons. The van der Waals surface area contributed by atoms with Gasteiger partial charge in [0.25, 0.3) is 0 Å². The van der Waals surface area contributed by atoms with Gasteiger partial charge in [-0.25, -0.2) is 0 Å². The molecular formula is C15H21Cl2NO2. The van der Waals surface area contributed by atoms with Crippen LogP contribution in [0.25, 0.3) is 0 Å². The molecule has 2 rings (SSSR count). The molecule has 1 aromatic rings. The van der Waals surface area contributed by atoms with Crippen LogP contribution in [0, 0.1) is 0 Å². The lowest BCUT2D eigenvalue weighted by atomic mass is 9.87. The van der Waals surface area contributed by atoms with Crippen LogP contribution in [0.4, 0.5) is 0 Å². The predicted molar refractivity (Wildman–Crippen MR) is 83.0 cm³/mol. The van der Waals surface area contributed by atoms with E-state index in [0.29, 0.717) is 15.8 Å². The van der Waals surface area contributed by atoms with Crippen LogP contribution in [0.3, 0.4) is 0 Å². The fourth-order valence-electron chi connectivity index (χ4n) is 2.81. The first-order valence-corrected chi connectivity index (χ1v) is 7.67. The molecule has 0 spiro atoms. The molecule has 0 saturated carbocycles. The summed E-state index contributed by atoms with van der Waals surface area (Å²) in [5.41, 5.74) is 0.709. The van der Waals surface area contributed by atoms with Gasteiger partial charge in [-0.15, -0.1) is 0 Å². The Morgan fingerprint density at radius 3 is 2.70 bits per heavy atom. The van der Waals surface area contributed by atoms with Crippen molar-refractivity contribution in [3.05, 3.63) is 27.7 Å². The third kappa shape index (κ3) is 3.06. The summed E-state index contributed by atoms with van der Waals surface area (Å²) >= 11 is 12.7. The van der Waals surface area contributed by atoms with Gasteiger partial charge in [0.1, 0.15) is 5.75 Å². The Morgan fingerprint density at radius 2 is 2.15 bits per heavy atom. The van der Waals surface area contributed by atoms with Crippen LogP contribution < -0.4 is 10.1 Å². The largest absolute Gasteiger partial charge is 0.495 e. The first kappa shape index (κ1) is 15.9. The summed E-state index contributed by atoms with van der Waals surface area (Å²) in [5, 5.41) is 4.69. The van der Waals surface area contributed by atoms with Crippen molar-refractivity contribution in [3.8, 4) is 5.75 Å². The molecular weight excluding hydrogens is 297 g/mol. The molecule has 1 aliphatic heterocycles. The number of rotatable bonds is 5. The van der Waals surface area contributed by atoms with Crippen LogP contribution in [0.5, 0.6) is 5.75 Å². The minimum absolute atomic E-state index is 0.0194. The quantitative estimate of drug-likeness (QED) is 0.881. The van der Waals surface area contributed by atoms with Gasteiger partial charge < -0.3 is 14.8 Å². The number of hydrogen-bond acceptors (Lipinski definition) is 3. The molecule has 1 saturated heterocycles. The van der Waals surface area contributed by atoms with E-state index in [9.17, 15) is 0 Å². The highest BCUT2D eigenvalue weighted by atomic mass is 35.5. The van der Waals surface area contributed by atoms with E-state index in [1.165, 1.54) is 0 Å². The van der Waals surface area contributed by atoms with Crippen LogP contribution in [0.2, 0.25) is 10.0 Å². The lowest BCUT2D eigenvalue weighted by Gasteiger charge is -2.35. The second kappa shape index (κ2) is 6.52. The smallest absolute Gasteiger partial charge is 0.138 e. The zero-order valence-corrected chi connectivity index (χ0v) is 13.6. The van der Waals surface area contributed by atoms with Crippen molar-refractivity contribution in [2.75, 3.05) is 20.3 Å². The van der Waals surface area contributed by atoms with Gasteiger partial charge in [-0.3, -0.25) is 0 Å². The topological polar surface area (TPSA) is 30.5 Å². The van der Waals surface area contributed by atoms with E-state index in [1.54, 1.807) is 13.2 Å². The lowest BCUT2D eigenvalue weighted by molar-refractivity contribution is -0.0120.